The summed E-state index contributed by atoms with van der Waals surface area (Å²) >= 11 is 1.28. The second kappa shape index (κ2) is 4.60. The van der Waals surface area contributed by atoms with Gasteiger partial charge in [0, 0.05) is 23.0 Å². The predicted octanol–water partition coefficient (Wildman–Crippen LogP) is 2.28. The van der Waals surface area contributed by atoms with Crippen LogP contribution in [0.15, 0.2) is 12.1 Å². The van der Waals surface area contributed by atoms with Crippen molar-refractivity contribution in [3.63, 3.8) is 0 Å². The number of piperidine rings is 1. The molecule has 6 heteroatoms. The summed E-state index contributed by atoms with van der Waals surface area (Å²) in [6.45, 7) is 1.08. The van der Waals surface area contributed by atoms with Crippen molar-refractivity contribution in [1.29, 1.82) is 0 Å². The fraction of sp³-hybridized carbons (Fsp3) is 0.667. The van der Waals surface area contributed by atoms with Gasteiger partial charge in [0.25, 0.3) is 0 Å². The molecule has 2 aliphatic rings. The van der Waals surface area contributed by atoms with Gasteiger partial charge in [-0.1, -0.05) is 11.3 Å². The Labute approximate surface area is 110 Å². The number of nitrogens with zero attached hydrogens (tertiary/aromatic N) is 2. The second-order valence-corrected chi connectivity index (χ2v) is 6.25. The molecule has 0 spiro atoms. The summed E-state index contributed by atoms with van der Waals surface area (Å²) in [5.41, 5.74) is 6.25. The number of nitrogens with two attached hydrogens (primary N) is 1. The van der Waals surface area contributed by atoms with Crippen LogP contribution in [0.3, 0.4) is 0 Å². The maximum atomic E-state index is 10.8. The lowest BCUT2D eigenvalue weighted by molar-refractivity contribution is -0.380. The summed E-state index contributed by atoms with van der Waals surface area (Å²) in [6, 6.07) is 4.44. The quantitative estimate of drug-likeness (QED) is 0.673. The highest BCUT2D eigenvalue weighted by atomic mass is 32.1. The molecule has 2 fully saturated rings. The SMILES string of the molecule is NC1CCCN(C2CC2)C1c1ccc([N+](=O)[O-])s1. The minimum Gasteiger partial charge on any atom is -0.326 e. The van der Waals surface area contributed by atoms with Crippen LogP contribution in [0.2, 0.25) is 0 Å². The molecule has 1 aliphatic heterocycles. The molecule has 1 aliphatic carbocycles. The third-order valence-corrected chi connectivity index (χ3v) is 4.92. The summed E-state index contributed by atoms with van der Waals surface area (Å²) < 4.78 is 0. The van der Waals surface area contributed by atoms with E-state index in [4.69, 9.17) is 5.73 Å². The van der Waals surface area contributed by atoms with Crippen molar-refractivity contribution in [2.24, 2.45) is 5.73 Å². The largest absolute Gasteiger partial charge is 0.326 e. The highest BCUT2D eigenvalue weighted by Gasteiger charge is 2.40. The molecule has 1 aromatic heterocycles. The summed E-state index contributed by atoms with van der Waals surface area (Å²) in [6.07, 6.45) is 4.65. The lowest BCUT2D eigenvalue weighted by Gasteiger charge is -2.39. The molecule has 1 saturated carbocycles. The Morgan fingerprint density at radius 3 is 2.78 bits per heavy atom. The zero-order chi connectivity index (χ0) is 12.7. The van der Waals surface area contributed by atoms with Gasteiger partial charge in [0.1, 0.15) is 0 Å². The molecular formula is C12H17N3O2S. The van der Waals surface area contributed by atoms with Gasteiger partial charge in [-0.2, -0.15) is 0 Å². The zero-order valence-electron chi connectivity index (χ0n) is 10.1. The molecule has 0 amide bonds. The minimum atomic E-state index is -0.315. The summed E-state index contributed by atoms with van der Waals surface area (Å²) in [4.78, 5) is 14.0. The number of thiophene rings is 1. The molecule has 2 N–H and O–H groups in total. The molecule has 1 aromatic rings. The maximum absolute atomic E-state index is 10.8. The smallest absolute Gasteiger partial charge is 0.324 e. The van der Waals surface area contributed by atoms with E-state index in [2.05, 4.69) is 4.90 Å². The molecule has 0 aromatic carbocycles. The van der Waals surface area contributed by atoms with Crippen LogP contribution in [-0.2, 0) is 0 Å². The van der Waals surface area contributed by atoms with E-state index >= 15 is 0 Å². The monoisotopic (exact) mass is 267 g/mol. The summed E-state index contributed by atoms with van der Waals surface area (Å²) in [7, 11) is 0. The van der Waals surface area contributed by atoms with Gasteiger partial charge in [-0.15, -0.1) is 0 Å². The van der Waals surface area contributed by atoms with Crippen molar-refractivity contribution >= 4 is 16.3 Å². The van der Waals surface area contributed by atoms with Gasteiger partial charge in [0.2, 0.25) is 0 Å². The third-order valence-electron chi connectivity index (χ3n) is 3.82. The van der Waals surface area contributed by atoms with Crippen molar-refractivity contribution in [1.82, 2.24) is 4.90 Å². The van der Waals surface area contributed by atoms with Crippen LogP contribution in [0.5, 0.6) is 0 Å². The second-order valence-electron chi connectivity index (χ2n) is 5.15. The van der Waals surface area contributed by atoms with Crippen molar-refractivity contribution in [3.05, 3.63) is 27.1 Å². The van der Waals surface area contributed by atoms with Gasteiger partial charge in [-0.25, -0.2) is 0 Å². The van der Waals surface area contributed by atoms with E-state index < -0.39 is 0 Å². The van der Waals surface area contributed by atoms with Gasteiger partial charge in [0.15, 0.2) is 0 Å². The lowest BCUT2D eigenvalue weighted by atomic mass is 9.95. The molecule has 98 valence electrons. The molecule has 18 heavy (non-hydrogen) atoms. The van der Waals surface area contributed by atoms with Crippen LogP contribution in [-0.4, -0.2) is 28.5 Å². The highest BCUT2D eigenvalue weighted by Crippen LogP contribution is 2.42. The molecule has 2 heterocycles. The molecule has 3 rings (SSSR count). The Balaban J connectivity index is 1.87. The van der Waals surface area contributed by atoms with Crippen LogP contribution in [0, 0.1) is 10.1 Å². The molecule has 5 nitrogen and oxygen atoms in total. The van der Waals surface area contributed by atoms with Gasteiger partial charge in [0.05, 0.1) is 11.0 Å². The van der Waals surface area contributed by atoms with Crippen LogP contribution < -0.4 is 5.73 Å². The first-order chi connectivity index (χ1) is 8.66. The van der Waals surface area contributed by atoms with Crippen molar-refractivity contribution < 1.29 is 4.92 Å². The van der Waals surface area contributed by atoms with E-state index in [0.717, 1.165) is 24.3 Å². The third kappa shape index (κ3) is 2.15. The van der Waals surface area contributed by atoms with Crippen LogP contribution in [0.4, 0.5) is 5.00 Å². The Morgan fingerprint density at radius 2 is 2.17 bits per heavy atom. The fourth-order valence-electron chi connectivity index (χ4n) is 2.84. The van der Waals surface area contributed by atoms with Crippen molar-refractivity contribution in [2.45, 2.75) is 43.8 Å². The van der Waals surface area contributed by atoms with E-state index in [1.54, 1.807) is 6.07 Å². The number of nitro groups is 1. The van der Waals surface area contributed by atoms with Gasteiger partial charge in [-0.05, 0) is 38.3 Å². The lowest BCUT2D eigenvalue weighted by Crippen LogP contribution is -2.46. The molecule has 0 radical (unpaired) electrons. The number of rotatable bonds is 3. The topological polar surface area (TPSA) is 72.4 Å². The average Bonchev–Trinajstić information content (AvgIpc) is 3.06. The molecule has 1 saturated heterocycles. The van der Waals surface area contributed by atoms with E-state index in [9.17, 15) is 10.1 Å². The number of hydrogen-bond acceptors (Lipinski definition) is 5. The fourth-order valence-corrected chi connectivity index (χ4v) is 3.86. The predicted molar refractivity (Wildman–Crippen MR) is 70.7 cm³/mol. The van der Waals surface area contributed by atoms with Gasteiger partial charge in [-0.3, -0.25) is 15.0 Å². The number of likely N-dealkylation sites (tertiary alicyclic amines) is 1. The van der Waals surface area contributed by atoms with Gasteiger partial charge >= 0.3 is 5.00 Å². The van der Waals surface area contributed by atoms with Crippen molar-refractivity contribution in [2.75, 3.05) is 6.54 Å². The van der Waals surface area contributed by atoms with Crippen LogP contribution in [0.1, 0.15) is 36.6 Å². The van der Waals surface area contributed by atoms with E-state index in [1.165, 1.54) is 24.2 Å². The van der Waals surface area contributed by atoms with E-state index in [1.807, 2.05) is 6.07 Å². The average molecular weight is 267 g/mol. The minimum absolute atomic E-state index is 0.109. The Kier molecular flexibility index (Phi) is 3.09. The van der Waals surface area contributed by atoms with E-state index in [0.29, 0.717) is 6.04 Å². The maximum Gasteiger partial charge on any atom is 0.324 e. The van der Waals surface area contributed by atoms with Crippen LogP contribution in [0.25, 0.3) is 0 Å². The Bertz CT molecular complexity index is 458. The Morgan fingerprint density at radius 1 is 1.39 bits per heavy atom. The van der Waals surface area contributed by atoms with Crippen LogP contribution >= 0.6 is 11.3 Å². The first-order valence-electron chi connectivity index (χ1n) is 6.42. The van der Waals surface area contributed by atoms with Crippen molar-refractivity contribution in [3.8, 4) is 0 Å². The standard InChI is InChI=1S/C12H17N3O2S/c13-9-2-1-7-14(8-3-4-8)12(9)10-5-6-11(18-10)15(16)17/h5-6,8-9,12H,1-4,7,13H2. The van der Waals surface area contributed by atoms with E-state index in [-0.39, 0.29) is 22.0 Å². The Hall–Kier alpha value is -0.980. The molecule has 2 unspecified atom stereocenters. The van der Waals surface area contributed by atoms with Gasteiger partial charge < -0.3 is 5.73 Å². The molecule has 0 bridgehead atoms. The first kappa shape index (κ1) is 12.1. The summed E-state index contributed by atoms with van der Waals surface area (Å²) in [5, 5.41) is 11.0. The number of hydrogen-bond donors (Lipinski definition) is 1. The first-order valence-corrected chi connectivity index (χ1v) is 7.24. The summed E-state index contributed by atoms with van der Waals surface area (Å²) in [5.74, 6) is 0. The molecular weight excluding hydrogens is 250 g/mol. The molecule has 2 atom stereocenters. The zero-order valence-corrected chi connectivity index (χ0v) is 10.9. The normalized spacial score (nSPS) is 29.4. The highest BCUT2D eigenvalue weighted by molar-refractivity contribution is 7.15.